The fraction of sp³-hybridized carbons (Fsp3) is 0.538. The average Bonchev–Trinajstić information content (AvgIpc) is 2.36. The number of nitrogens with one attached hydrogen (secondary N) is 1. The number of hydrogen-bond acceptors (Lipinski definition) is 3. The van der Waals surface area contributed by atoms with E-state index in [9.17, 15) is 4.79 Å². The molecule has 3 N–H and O–H groups in total. The molecule has 94 valence electrons. The molecule has 1 rings (SSSR count). The molecule has 1 aromatic rings. The molecule has 0 aliphatic rings. The van der Waals surface area contributed by atoms with Crippen LogP contribution >= 0.6 is 0 Å². The van der Waals surface area contributed by atoms with Crippen LogP contribution in [0.5, 0.6) is 0 Å². The first-order chi connectivity index (χ1) is 8.26. The van der Waals surface area contributed by atoms with Crippen molar-refractivity contribution < 1.29 is 4.79 Å². The van der Waals surface area contributed by atoms with E-state index < -0.39 is 0 Å². The van der Waals surface area contributed by atoms with Crippen molar-refractivity contribution in [1.29, 1.82) is 0 Å². The fourth-order valence-corrected chi connectivity index (χ4v) is 1.54. The van der Waals surface area contributed by atoms with Crippen LogP contribution in [-0.2, 0) is 11.3 Å². The van der Waals surface area contributed by atoms with Crippen molar-refractivity contribution in [2.45, 2.75) is 45.6 Å². The van der Waals surface area contributed by atoms with E-state index in [-0.39, 0.29) is 5.91 Å². The zero-order valence-corrected chi connectivity index (χ0v) is 10.4. The van der Waals surface area contributed by atoms with Crippen molar-refractivity contribution in [2.75, 3.05) is 5.32 Å². The van der Waals surface area contributed by atoms with Gasteiger partial charge in [-0.15, -0.1) is 0 Å². The minimum Gasteiger partial charge on any atom is -0.326 e. The lowest BCUT2D eigenvalue weighted by Crippen LogP contribution is -2.12. The van der Waals surface area contributed by atoms with Crippen molar-refractivity contribution in [3.63, 3.8) is 0 Å². The summed E-state index contributed by atoms with van der Waals surface area (Å²) in [6.07, 6.45) is 6.69. The van der Waals surface area contributed by atoms with Crippen LogP contribution in [0.25, 0.3) is 0 Å². The molecule has 1 aromatic heterocycles. The van der Waals surface area contributed by atoms with Crippen molar-refractivity contribution >= 4 is 11.7 Å². The Balaban J connectivity index is 2.29. The molecule has 0 atom stereocenters. The summed E-state index contributed by atoms with van der Waals surface area (Å²) >= 11 is 0. The second kappa shape index (κ2) is 7.79. The van der Waals surface area contributed by atoms with Crippen LogP contribution < -0.4 is 11.1 Å². The highest BCUT2D eigenvalue weighted by Gasteiger charge is 2.02. The molecule has 0 aliphatic carbocycles. The number of unbranched alkanes of at least 4 members (excludes halogenated alkanes) is 3. The second-order valence-electron chi connectivity index (χ2n) is 4.11. The van der Waals surface area contributed by atoms with E-state index in [4.69, 9.17) is 5.73 Å². The number of carbonyl (C=O) groups is 1. The summed E-state index contributed by atoms with van der Waals surface area (Å²) in [5, 5.41) is 2.78. The normalized spacial score (nSPS) is 10.2. The van der Waals surface area contributed by atoms with Gasteiger partial charge in [-0.2, -0.15) is 0 Å². The number of nitrogens with two attached hydrogens (primary N) is 1. The summed E-state index contributed by atoms with van der Waals surface area (Å²) in [7, 11) is 0. The first-order valence-electron chi connectivity index (χ1n) is 6.21. The smallest absolute Gasteiger partial charge is 0.225 e. The summed E-state index contributed by atoms with van der Waals surface area (Å²) in [4.78, 5) is 15.7. The third-order valence-corrected chi connectivity index (χ3v) is 2.59. The number of rotatable bonds is 7. The predicted molar refractivity (Wildman–Crippen MR) is 69.5 cm³/mol. The van der Waals surface area contributed by atoms with E-state index in [1.54, 1.807) is 12.3 Å². The standard InChI is InChI=1S/C13H21N3O/c1-2-3-4-5-6-13(17)16-12-8-7-11(9-14)10-15-12/h7-8,10H,2-6,9,14H2,1H3,(H,15,16,17). The summed E-state index contributed by atoms with van der Waals surface area (Å²) in [6.45, 7) is 2.63. The Morgan fingerprint density at radius 1 is 1.35 bits per heavy atom. The summed E-state index contributed by atoms with van der Waals surface area (Å²) in [6, 6.07) is 3.66. The van der Waals surface area contributed by atoms with Gasteiger partial charge in [0.2, 0.25) is 5.91 Å². The quantitative estimate of drug-likeness (QED) is 0.713. The minimum absolute atomic E-state index is 0.0362. The number of aromatic nitrogens is 1. The van der Waals surface area contributed by atoms with Gasteiger partial charge in [0.1, 0.15) is 5.82 Å². The van der Waals surface area contributed by atoms with E-state index in [1.165, 1.54) is 12.8 Å². The summed E-state index contributed by atoms with van der Waals surface area (Å²) in [5.41, 5.74) is 6.43. The highest BCUT2D eigenvalue weighted by Crippen LogP contribution is 2.07. The molecule has 4 nitrogen and oxygen atoms in total. The Hall–Kier alpha value is -1.42. The van der Waals surface area contributed by atoms with E-state index in [0.29, 0.717) is 18.8 Å². The van der Waals surface area contributed by atoms with Crippen LogP contribution in [0.1, 0.15) is 44.6 Å². The number of pyridine rings is 1. The highest BCUT2D eigenvalue weighted by atomic mass is 16.1. The van der Waals surface area contributed by atoms with Crippen LogP contribution in [0.2, 0.25) is 0 Å². The van der Waals surface area contributed by atoms with E-state index >= 15 is 0 Å². The molecule has 17 heavy (non-hydrogen) atoms. The average molecular weight is 235 g/mol. The number of anilines is 1. The van der Waals surface area contributed by atoms with Gasteiger partial charge in [0.05, 0.1) is 0 Å². The van der Waals surface area contributed by atoms with Gasteiger partial charge in [-0.05, 0) is 18.1 Å². The van der Waals surface area contributed by atoms with Gasteiger partial charge in [0.15, 0.2) is 0 Å². The van der Waals surface area contributed by atoms with Gasteiger partial charge in [0, 0.05) is 19.2 Å². The molecule has 0 fully saturated rings. The first kappa shape index (κ1) is 13.6. The second-order valence-corrected chi connectivity index (χ2v) is 4.11. The first-order valence-corrected chi connectivity index (χ1v) is 6.21. The zero-order chi connectivity index (χ0) is 12.5. The topological polar surface area (TPSA) is 68.0 Å². The van der Waals surface area contributed by atoms with Crippen LogP contribution in [0, 0.1) is 0 Å². The molecule has 0 aliphatic heterocycles. The summed E-state index contributed by atoms with van der Waals surface area (Å²) < 4.78 is 0. The van der Waals surface area contributed by atoms with Crippen molar-refractivity contribution in [1.82, 2.24) is 4.98 Å². The van der Waals surface area contributed by atoms with Gasteiger partial charge < -0.3 is 11.1 Å². The van der Waals surface area contributed by atoms with Gasteiger partial charge in [-0.3, -0.25) is 4.79 Å². The molecule has 0 radical (unpaired) electrons. The predicted octanol–water partition coefficient (Wildman–Crippen LogP) is 2.45. The van der Waals surface area contributed by atoms with Crippen molar-refractivity contribution in [3.05, 3.63) is 23.9 Å². The zero-order valence-electron chi connectivity index (χ0n) is 10.4. The Kier molecular flexibility index (Phi) is 6.25. The van der Waals surface area contributed by atoms with E-state index in [1.807, 2.05) is 6.07 Å². The lowest BCUT2D eigenvalue weighted by molar-refractivity contribution is -0.116. The maximum absolute atomic E-state index is 11.6. The number of hydrogen-bond donors (Lipinski definition) is 2. The van der Waals surface area contributed by atoms with Crippen LogP contribution in [0.4, 0.5) is 5.82 Å². The Labute approximate surface area is 103 Å². The van der Waals surface area contributed by atoms with Crippen LogP contribution in [-0.4, -0.2) is 10.9 Å². The highest BCUT2D eigenvalue weighted by molar-refractivity contribution is 5.89. The Morgan fingerprint density at radius 3 is 2.76 bits per heavy atom. The van der Waals surface area contributed by atoms with Gasteiger partial charge in [0.25, 0.3) is 0 Å². The van der Waals surface area contributed by atoms with Crippen LogP contribution in [0.15, 0.2) is 18.3 Å². The molecule has 0 saturated heterocycles. The Morgan fingerprint density at radius 2 is 2.18 bits per heavy atom. The minimum atomic E-state index is 0.0362. The lowest BCUT2D eigenvalue weighted by Gasteiger charge is -2.04. The molecule has 1 heterocycles. The molecule has 0 spiro atoms. The van der Waals surface area contributed by atoms with Crippen molar-refractivity contribution in [3.8, 4) is 0 Å². The lowest BCUT2D eigenvalue weighted by atomic mass is 10.1. The SMILES string of the molecule is CCCCCCC(=O)Nc1ccc(CN)cn1. The largest absolute Gasteiger partial charge is 0.326 e. The third-order valence-electron chi connectivity index (χ3n) is 2.59. The van der Waals surface area contributed by atoms with Gasteiger partial charge >= 0.3 is 0 Å². The molecule has 0 aromatic carbocycles. The molecular weight excluding hydrogens is 214 g/mol. The maximum Gasteiger partial charge on any atom is 0.225 e. The molecule has 0 unspecified atom stereocenters. The molecular formula is C13H21N3O. The number of nitrogens with zero attached hydrogens (tertiary/aromatic N) is 1. The molecule has 4 heteroatoms. The third kappa shape index (κ3) is 5.45. The van der Waals surface area contributed by atoms with Gasteiger partial charge in [-0.25, -0.2) is 4.98 Å². The number of carbonyl (C=O) groups excluding carboxylic acids is 1. The van der Waals surface area contributed by atoms with Crippen molar-refractivity contribution in [2.24, 2.45) is 5.73 Å². The van der Waals surface area contributed by atoms with E-state index in [0.717, 1.165) is 18.4 Å². The maximum atomic E-state index is 11.6. The monoisotopic (exact) mass is 235 g/mol. The van der Waals surface area contributed by atoms with Gasteiger partial charge in [-0.1, -0.05) is 32.3 Å². The molecule has 1 amide bonds. The van der Waals surface area contributed by atoms with E-state index in [2.05, 4.69) is 17.2 Å². The number of amides is 1. The molecule has 0 bridgehead atoms. The fourth-order valence-electron chi connectivity index (χ4n) is 1.54. The van der Waals surface area contributed by atoms with Crippen LogP contribution in [0.3, 0.4) is 0 Å². The Bertz CT molecular complexity index is 335. The summed E-state index contributed by atoms with van der Waals surface area (Å²) in [5.74, 6) is 0.636. The molecule has 0 saturated carbocycles.